The minimum atomic E-state index is 0.0664. The Morgan fingerprint density at radius 2 is 1.77 bits per heavy atom. The van der Waals surface area contributed by atoms with Crippen molar-refractivity contribution in [2.24, 2.45) is 5.92 Å². The van der Waals surface area contributed by atoms with Crippen molar-refractivity contribution in [3.63, 3.8) is 0 Å². The molecule has 2 heterocycles. The van der Waals surface area contributed by atoms with Gasteiger partial charge in [-0.1, -0.05) is 52.0 Å². The monoisotopic (exact) mass is 353 g/mol. The van der Waals surface area contributed by atoms with E-state index in [-0.39, 0.29) is 11.3 Å². The van der Waals surface area contributed by atoms with Crippen molar-refractivity contribution in [1.82, 2.24) is 14.7 Å². The summed E-state index contributed by atoms with van der Waals surface area (Å²) in [5.74, 6) is 0.779. The topological polar surface area (TPSA) is 38.1 Å². The first-order chi connectivity index (χ1) is 12.3. The molecular formula is C22H31N3O. The van der Waals surface area contributed by atoms with Crippen LogP contribution >= 0.6 is 0 Å². The molecule has 0 saturated carbocycles. The molecular weight excluding hydrogens is 322 g/mol. The van der Waals surface area contributed by atoms with E-state index >= 15 is 0 Å². The minimum Gasteiger partial charge on any atom is -0.337 e. The third-order valence-corrected chi connectivity index (χ3v) is 5.42. The van der Waals surface area contributed by atoms with E-state index in [4.69, 9.17) is 0 Å². The van der Waals surface area contributed by atoms with Gasteiger partial charge in [0.1, 0.15) is 0 Å². The van der Waals surface area contributed by atoms with Crippen LogP contribution < -0.4 is 0 Å². The Morgan fingerprint density at radius 1 is 1.15 bits per heavy atom. The SMILES string of the molecule is CCn1nc(C(=O)N2CCC(C)CC2)cc1-c1ccc(C(C)(C)C)cc1. The fourth-order valence-electron chi connectivity index (χ4n) is 3.51. The second-order valence-electron chi connectivity index (χ2n) is 8.53. The largest absolute Gasteiger partial charge is 0.337 e. The van der Waals surface area contributed by atoms with Crippen LogP contribution in [0.25, 0.3) is 11.3 Å². The Labute approximate surface area is 157 Å². The lowest BCUT2D eigenvalue weighted by atomic mass is 9.86. The molecule has 0 bridgehead atoms. The fourth-order valence-corrected chi connectivity index (χ4v) is 3.51. The molecule has 1 saturated heterocycles. The van der Waals surface area contributed by atoms with Gasteiger partial charge in [-0.25, -0.2) is 0 Å². The zero-order valence-electron chi connectivity index (χ0n) is 16.7. The standard InChI is InChI=1S/C22H31N3O/c1-6-25-20(17-7-9-18(10-8-17)22(3,4)5)15-19(23-25)21(26)24-13-11-16(2)12-14-24/h7-10,15-16H,6,11-14H2,1-5H3. The van der Waals surface area contributed by atoms with Gasteiger partial charge in [0.05, 0.1) is 5.69 Å². The van der Waals surface area contributed by atoms with E-state index < -0.39 is 0 Å². The molecule has 1 amide bonds. The summed E-state index contributed by atoms with van der Waals surface area (Å²) in [6.07, 6.45) is 2.17. The van der Waals surface area contributed by atoms with Crippen molar-refractivity contribution in [3.8, 4) is 11.3 Å². The highest BCUT2D eigenvalue weighted by molar-refractivity contribution is 5.93. The molecule has 0 aliphatic carbocycles. The summed E-state index contributed by atoms with van der Waals surface area (Å²) < 4.78 is 1.94. The van der Waals surface area contributed by atoms with Gasteiger partial charge in [-0.2, -0.15) is 5.10 Å². The number of likely N-dealkylation sites (tertiary alicyclic amines) is 1. The van der Waals surface area contributed by atoms with Crippen LogP contribution in [0.15, 0.2) is 30.3 Å². The van der Waals surface area contributed by atoms with E-state index in [1.54, 1.807) is 0 Å². The number of carbonyl (C=O) groups excluding carboxylic acids is 1. The van der Waals surface area contributed by atoms with Gasteiger partial charge >= 0.3 is 0 Å². The molecule has 1 aliphatic rings. The van der Waals surface area contributed by atoms with Crippen molar-refractivity contribution in [2.45, 2.75) is 59.4 Å². The summed E-state index contributed by atoms with van der Waals surface area (Å²) in [6.45, 7) is 13.4. The van der Waals surface area contributed by atoms with Crippen LogP contribution in [-0.2, 0) is 12.0 Å². The molecule has 4 heteroatoms. The second kappa shape index (κ2) is 7.26. The lowest BCUT2D eigenvalue weighted by Crippen LogP contribution is -2.38. The summed E-state index contributed by atoms with van der Waals surface area (Å²) in [5.41, 5.74) is 4.13. The number of amides is 1. The number of benzene rings is 1. The first kappa shape index (κ1) is 18.7. The summed E-state index contributed by atoms with van der Waals surface area (Å²) in [5, 5.41) is 4.60. The van der Waals surface area contributed by atoms with Crippen LogP contribution in [0.1, 0.15) is 63.5 Å². The van der Waals surface area contributed by atoms with Gasteiger partial charge in [-0.05, 0) is 48.3 Å². The normalized spacial score (nSPS) is 16.1. The van der Waals surface area contributed by atoms with Crippen molar-refractivity contribution in [2.75, 3.05) is 13.1 Å². The van der Waals surface area contributed by atoms with Crippen LogP contribution in [0.3, 0.4) is 0 Å². The lowest BCUT2D eigenvalue weighted by molar-refractivity contribution is 0.0690. The van der Waals surface area contributed by atoms with E-state index in [0.717, 1.165) is 43.7 Å². The van der Waals surface area contributed by atoms with Gasteiger partial charge in [0, 0.05) is 19.6 Å². The Hall–Kier alpha value is -2.10. The number of aryl methyl sites for hydroxylation is 1. The number of nitrogens with zero attached hydrogens (tertiary/aromatic N) is 3. The zero-order chi connectivity index (χ0) is 18.9. The molecule has 1 aromatic heterocycles. The highest BCUT2D eigenvalue weighted by Gasteiger charge is 2.24. The number of piperidine rings is 1. The van der Waals surface area contributed by atoms with Gasteiger partial charge in [0.15, 0.2) is 5.69 Å². The number of hydrogen-bond donors (Lipinski definition) is 0. The van der Waals surface area contributed by atoms with E-state index in [1.165, 1.54) is 5.56 Å². The molecule has 0 N–H and O–H groups in total. The smallest absolute Gasteiger partial charge is 0.274 e. The molecule has 2 aromatic rings. The average Bonchev–Trinajstić information content (AvgIpc) is 3.05. The molecule has 0 spiro atoms. The highest BCUT2D eigenvalue weighted by Crippen LogP contribution is 2.27. The van der Waals surface area contributed by atoms with E-state index in [9.17, 15) is 4.79 Å². The van der Waals surface area contributed by atoms with Crippen LogP contribution in [0, 0.1) is 5.92 Å². The predicted molar refractivity (Wildman–Crippen MR) is 106 cm³/mol. The zero-order valence-corrected chi connectivity index (χ0v) is 16.7. The Morgan fingerprint density at radius 3 is 2.31 bits per heavy atom. The Balaban J connectivity index is 1.86. The first-order valence-electron chi connectivity index (χ1n) is 9.77. The van der Waals surface area contributed by atoms with Crippen molar-refractivity contribution >= 4 is 5.91 Å². The average molecular weight is 354 g/mol. The molecule has 140 valence electrons. The Kier molecular flexibility index (Phi) is 5.22. The first-order valence-corrected chi connectivity index (χ1v) is 9.77. The van der Waals surface area contributed by atoms with Crippen molar-refractivity contribution in [1.29, 1.82) is 0 Å². The number of aromatic nitrogens is 2. The summed E-state index contributed by atoms with van der Waals surface area (Å²) in [4.78, 5) is 14.8. The molecule has 4 nitrogen and oxygen atoms in total. The summed E-state index contributed by atoms with van der Waals surface area (Å²) in [6, 6.07) is 10.6. The van der Waals surface area contributed by atoms with Gasteiger partial charge in [0.2, 0.25) is 0 Å². The van der Waals surface area contributed by atoms with Crippen LogP contribution in [0.4, 0.5) is 0 Å². The number of carbonyl (C=O) groups is 1. The summed E-state index contributed by atoms with van der Waals surface area (Å²) >= 11 is 0. The van der Waals surface area contributed by atoms with Crippen molar-refractivity contribution in [3.05, 3.63) is 41.6 Å². The molecule has 0 radical (unpaired) electrons. The third-order valence-electron chi connectivity index (χ3n) is 5.42. The molecule has 3 rings (SSSR count). The Bertz CT molecular complexity index is 760. The quantitative estimate of drug-likeness (QED) is 0.799. The van der Waals surface area contributed by atoms with Crippen molar-refractivity contribution < 1.29 is 4.79 Å². The molecule has 1 aromatic carbocycles. The minimum absolute atomic E-state index is 0.0664. The highest BCUT2D eigenvalue weighted by atomic mass is 16.2. The van der Waals surface area contributed by atoms with Gasteiger partial charge < -0.3 is 4.90 Å². The maximum Gasteiger partial charge on any atom is 0.274 e. The summed E-state index contributed by atoms with van der Waals surface area (Å²) in [7, 11) is 0. The van der Waals surface area contributed by atoms with Gasteiger partial charge in [-0.15, -0.1) is 0 Å². The second-order valence-corrected chi connectivity index (χ2v) is 8.53. The van der Waals surface area contributed by atoms with Gasteiger partial charge in [0.25, 0.3) is 5.91 Å². The van der Waals surface area contributed by atoms with E-state index in [2.05, 4.69) is 64.0 Å². The fraction of sp³-hybridized carbons (Fsp3) is 0.545. The molecule has 1 fully saturated rings. The maximum absolute atomic E-state index is 12.9. The van der Waals surface area contributed by atoms with Crippen LogP contribution in [0.2, 0.25) is 0 Å². The van der Waals surface area contributed by atoms with Gasteiger partial charge in [-0.3, -0.25) is 9.48 Å². The van der Waals surface area contributed by atoms with Crippen LogP contribution in [0.5, 0.6) is 0 Å². The third kappa shape index (κ3) is 3.84. The lowest BCUT2D eigenvalue weighted by Gasteiger charge is -2.29. The predicted octanol–water partition coefficient (Wildman–Crippen LogP) is 4.74. The van der Waals surface area contributed by atoms with E-state index in [0.29, 0.717) is 11.6 Å². The maximum atomic E-state index is 12.9. The van der Waals surface area contributed by atoms with E-state index in [1.807, 2.05) is 15.6 Å². The van der Waals surface area contributed by atoms with Crippen LogP contribution in [-0.4, -0.2) is 33.7 Å². The molecule has 1 aliphatic heterocycles. The number of rotatable bonds is 3. The molecule has 0 unspecified atom stereocenters. The molecule has 0 atom stereocenters. The molecule has 26 heavy (non-hydrogen) atoms. The number of hydrogen-bond acceptors (Lipinski definition) is 2.